The van der Waals surface area contributed by atoms with Gasteiger partial charge in [-0.3, -0.25) is 0 Å². The van der Waals surface area contributed by atoms with Crippen molar-refractivity contribution in [2.45, 2.75) is 13.0 Å². The molecule has 3 N–H and O–H groups in total. The molecule has 0 aromatic heterocycles. The predicted octanol–water partition coefficient (Wildman–Crippen LogP) is 0.907. The van der Waals surface area contributed by atoms with Crippen molar-refractivity contribution < 1.29 is 24.2 Å². The van der Waals surface area contributed by atoms with Crippen LogP contribution in [0.5, 0.6) is 5.75 Å². The molecule has 0 saturated carbocycles. The van der Waals surface area contributed by atoms with Crippen LogP contribution in [0.25, 0.3) is 0 Å². The number of nitrogens with two attached hydrogens (primary N) is 1. The number of esters is 1. The minimum atomic E-state index is -1.13. The van der Waals surface area contributed by atoms with E-state index in [0.717, 1.165) is 0 Å². The van der Waals surface area contributed by atoms with Crippen LogP contribution >= 0.6 is 0 Å². The maximum absolute atomic E-state index is 11.4. The number of carboxylic acids is 1. The molecule has 0 radical (unpaired) electrons. The summed E-state index contributed by atoms with van der Waals surface area (Å²) in [5, 5.41) is 8.72. The lowest BCUT2D eigenvalue weighted by atomic mass is 10.2. The number of hydrogen-bond donors (Lipinski definition) is 2. The van der Waals surface area contributed by atoms with Crippen LogP contribution in [0.1, 0.15) is 17.3 Å². The van der Waals surface area contributed by atoms with Crippen LogP contribution < -0.4 is 10.5 Å². The largest absolute Gasteiger partial charge is 0.479 e. The number of ether oxygens (including phenoxy) is 2. The van der Waals surface area contributed by atoms with Gasteiger partial charge >= 0.3 is 11.9 Å². The van der Waals surface area contributed by atoms with Gasteiger partial charge in [0.1, 0.15) is 11.3 Å². The second kappa shape index (κ2) is 5.20. The summed E-state index contributed by atoms with van der Waals surface area (Å²) in [6.45, 7) is 1.36. The summed E-state index contributed by atoms with van der Waals surface area (Å²) in [5.41, 5.74) is 5.99. The molecular formula is C11H13NO5. The first-order valence-corrected chi connectivity index (χ1v) is 4.83. The van der Waals surface area contributed by atoms with Crippen LogP contribution in [0.3, 0.4) is 0 Å². The molecule has 0 heterocycles. The molecule has 0 aliphatic heterocycles. The van der Waals surface area contributed by atoms with Crippen LogP contribution in [0.4, 0.5) is 5.69 Å². The first-order valence-electron chi connectivity index (χ1n) is 4.83. The monoisotopic (exact) mass is 239 g/mol. The normalized spacial score (nSPS) is 11.6. The Balaban J connectivity index is 3.06. The minimum Gasteiger partial charge on any atom is -0.479 e. The lowest BCUT2D eigenvalue weighted by molar-refractivity contribution is -0.144. The van der Waals surface area contributed by atoms with Gasteiger partial charge in [0, 0.05) is 5.69 Å². The summed E-state index contributed by atoms with van der Waals surface area (Å²) in [6.07, 6.45) is -1.07. The van der Waals surface area contributed by atoms with Crippen molar-refractivity contribution in [2.75, 3.05) is 12.8 Å². The van der Waals surface area contributed by atoms with E-state index in [1.807, 2.05) is 0 Å². The number of carbonyl (C=O) groups excluding carboxylic acids is 1. The number of carboxylic acid groups (broad SMARTS) is 1. The van der Waals surface area contributed by atoms with Crippen molar-refractivity contribution in [1.29, 1.82) is 0 Å². The van der Waals surface area contributed by atoms with Crippen LogP contribution in [-0.4, -0.2) is 30.3 Å². The molecule has 0 fully saturated rings. The number of aliphatic carboxylic acids is 1. The van der Waals surface area contributed by atoms with E-state index in [-0.39, 0.29) is 11.3 Å². The molecule has 6 nitrogen and oxygen atoms in total. The second-order valence-electron chi connectivity index (χ2n) is 3.35. The second-order valence-corrected chi connectivity index (χ2v) is 3.35. The first kappa shape index (κ1) is 12.8. The van der Waals surface area contributed by atoms with Crippen LogP contribution in [-0.2, 0) is 9.53 Å². The zero-order valence-corrected chi connectivity index (χ0v) is 9.47. The van der Waals surface area contributed by atoms with E-state index in [1.165, 1.54) is 32.2 Å². The number of rotatable bonds is 4. The van der Waals surface area contributed by atoms with E-state index in [2.05, 4.69) is 4.74 Å². The molecule has 1 aromatic carbocycles. The third kappa shape index (κ3) is 3.10. The van der Waals surface area contributed by atoms with Gasteiger partial charge in [0.25, 0.3) is 0 Å². The fourth-order valence-electron chi connectivity index (χ4n) is 1.16. The standard InChI is InChI=1S/C11H13NO5/c1-6(10(13)14)17-9-4-3-7(12)5-8(9)11(15)16-2/h3-6H,12H2,1-2H3,(H,13,14). The Labute approximate surface area is 97.9 Å². The lowest BCUT2D eigenvalue weighted by Gasteiger charge is -2.13. The zero-order valence-electron chi connectivity index (χ0n) is 9.47. The highest BCUT2D eigenvalue weighted by Gasteiger charge is 2.18. The summed E-state index contributed by atoms with van der Waals surface area (Å²) in [5.74, 6) is -1.64. The summed E-state index contributed by atoms with van der Waals surface area (Å²) >= 11 is 0. The molecule has 0 aliphatic rings. The average molecular weight is 239 g/mol. The van der Waals surface area contributed by atoms with E-state index in [0.29, 0.717) is 5.69 Å². The number of hydrogen-bond acceptors (Lipinski definition) is 5. The Hall–Kier alpha value is -2.24. The van der Waals surface area contributed by atoms with Crippen LogP contribution in [0.15, 0.2) is 18.2 Å². The highest BCUT2D eigenvalue weighted by atomic mass is 16.5. The third-order valence-electron chi connectivity index (χ3n) is 2.06. The van der Waals surface area contributed by atoms with Gasteiger partial charge in [-0.25, -0.2) is 9.59 Å². The molecule has 0 bridgehead atoms. The lowest BCUT2D eigenvalue weighted by Crippen LogP contribution is -2.24. The zero-order chi connectivity index (χ0) is 13.0. The smallest absolute Gasteiger partial charge is 0.344 e. The molecule has 1 aromatic rings. The maximum Gasteiger partial charge on any atom is 0.344 e. The summed E-state index contributed by atoms with van der Waals surface area (Å²) in [7, 11) is 1.22. The SMILES string of the molecule is COC(=O)c1cc(N)ccc1OC(C)C(=O)O. The van der Waals surface area contributed by atoms with Gasteiger partial charge in [0.2, 0.25) is 0 Å². The topological polar surface area (TPSA) is 98.9 Å². The van der Waals surface area contributed by atoms with E-state index >= 15 is 0 Å². The number of nitrogen functional groups attached to an aromatic ring is 1. The molecule has 92 valence electrons. The van der Waals surface area contributed by atoms with Crippen molar-refractivity contribution in [3.8, 4) is 5.75 Å². The maximum atomic E-state index is 11.4. The van der Waals surface area contributed by atoms with Gasteiger partial charge in [0.15, 0.2) is 6.10 Å². The molecule has 17 heavy (non-hydrogen) atoms. The summed E-state index contributed by atoms with van der Waals surface area (Å²) in [4.78, 5) is 22.1. The van der Waals surface area contributed by atoms with E-state index < -0.39 is 18.0 Å². The molecule has 6 heteroatoms. The van der Waals surface area contributed by atoms with Gasteiger partial charge in [-0.15, -0.1) is 0 Å². The van der Waals surface area contributed by atoms with Crippen molar-refractivity contribution in [1.82, 2.24) is 0 Å². The van der Waals surface area contributed by atoms with Gasteiger partial charge < -0.3 is 20.3 Å². The number of methoxy groups -OCH3 is 1. The molecule has 1 rings (SSSR count). The minimum absolute atomic E-state index is 0.0978. The quantitative estimate of drug-likeness (QED) is 0.598. The molecule has 1 atom stereocenters. The fourth-order valence-corrected chi connectivity index (χ4v) is 1.16. The fraction of sp³-hybridized carbons (Fsp3) is 0.273. The van der Waals surface area contributed by atoms with Crippen molar-refractivity contribution in [3.05, 3.63) is 23.8 Å². The summed E-state index contributed by atoms with van der Waals surface area (Å²) < 4.78 is 9.68. The number of carbonyl (C=O) groups is 2. The van der Waals surface area contributed by atoms with E-state index in [9.17, 15) is 9.59 Å². The molecular weight excluding hydrogens is 226 g/mol. The van der Waals surface area contributed by atoms with Gasteiger partial charge in [0.05, 0.1) is 7.11 Å². The predicted molar refractivity (Wildman–Crippen MR) is 59.9 cm³/mol. The van der Waals surface area contributed by atoms with Crippen molar-refractivity contribution in [2.24, 2.45) is 0 Å². The Morgan fingerprint density at radius 3 is 2.59 bits per heavy atom. The number of benzene rings is 1. The number of anilines is 1. The van der Waals surface area contributed by atoms with Crippen molar-refractivity contribution in [3.63, 3.8) is 0 Å². The Morgan fingerprint density at radius 2 is 2.06 bits per heavy atom. The van der Waals surface area contributed by atoms with Gasteiger partial charge in [-0.1, -0.05) is 0 Å². The van der Waals surface area contributed by atoms with Crippen molar-refractivity contribution >= 4 is 17.6 Å². The van der Waals surface area contributed by atoms with Gasteiger partial charge in [-0.05, 0) is 25.1 Å². The Kier molecular flexibility index (Phi) is 3.92. The van der Waals surface area contributed by atoms with E-state index in [1.54, 1.807) is 0 Å². The first-order chi connectivity index (χ1) is 7.95. The van der Waals surface area contributed by atoms with E-state index in [4.69, 9.17) is 15.6 Å². The third-order valence-corrected chi connectivity index (χ3v) is 2.06. The van der Waals surface area contributed by atoms with Crippen LogP contribution in [0.2, 0.25) is 0 Å². The molecule has 0 spiro atoms. The highest BCUT2D eigenvalue weighted by molar-refractivity contribution is 5.93. The molecule has 1 unspecified atom stereocenters. The average Bonchev–Trinajstić information content (AvgIpc) is 2.30. The summed E-state index contributed by atoms with van der Waals surface area (Å²) in [6, 6.07) is 4.31. The molecule has 0 amide bonds. The molecule has 0 aliphatic carbocycles. The van der Waals surface area contributed by atoms with Crippen LogP contribution in [0, 0.1) is 0 Å². The van der Waals surface area contributed by atoms with Gasteiger partial charge in [-0.2, -0.15) is 0 Å². The highest BCUT2D eigenvalue weighted by Crippen LogP contribution is 2.23. The Morgan fingerprint density at radius 1 is 1.41 bits per heavy atom. The Bertz CT molecular complexity index is 443. The molecule has 0 saturated heterocycles.